The van der Waals surface area contributed by atoms with Gasteiger partial charge in [-0.05, 0) is 37.3 Å². The van der Waals surface area contributed by atoms with Gasteiger partial charge < -0.3 is 0 Å². The highest BCUT2D eigenvalue weighted by Gasteiger charge is 2.12. The molecule has 0 aliphatic carbocycles. The molecule has 0 N–H and O–H groups in total. The maximum atomic E-state index is 13.9. The third-order valence-corrected chi connectivity index (χ3v) is 3.14. The van der Waals surface area contributed by atoms with Gasteiger partial charge in [0.2, 0.25) is 0 Å². The Hall–Kier alpha value is -2.62. The molecule has 104 valence electrons. The van der Waals surface area contributed by atoms with Gasteiger partial charge >= 0.3 is 0 Å². The summed E-state index contributed by atoms with van der Waals surface area (Å²) in [6.45, 7) is 1.70. The zero-order valence-electron chi connectivity index (χ0n) is 11.3. The molecule has 21 heavy (non-hydrogen) atoms. The molecule has 0 aliphatic heterocycles. The van der Waals surface area contributed by atoms with Gasteiger partial charge in [0.1, 0.15) is 17.5 Å². The van der Waals surface area contributed by atoms with Crippen molar-refractivity contribution in [2.45, 2.75) is 6.92 Å². The average Bonchev–Trinajstić information content (AvgIpc) is 2.47. The van der Waals surface area contributed by atoms with Crippen LogP contribution in [0.4, 0.5) is 8.78 Å². The van der Waals surface area contributed by atoms with Crippen molar-refractivity contribution in [2.75, 3.05) is 0 Å². The Balaban J connectivity index is 2.18. The number of hydrogen-bond donors (Lipinski definition) is 0. The molecule has 0 fully saturated rings. The minimum atomic E-state index is -0.366. The number of rotatable bonds is 2. The first-order chi connectivity index (χ1) is 10.1. The summed E-state index contributed by atoms with van der Waals surface area (Å²) in [6.07, 6.45) is 0. The second-order valence-electron chi connectivity index (χ2n) is 4.65. The summed E-state index contributed by atoms with van der Waals surface area (Å²) in [4.78, 5) is 8.49. The molecule has 0 atom stereocenters. The van der Waals surface area contributed by atoms with Gasteiger partial charge in [0.15, 0.2) is 0 Å². The van der Waals surface area contributed by atoms with Crippen molar-refractivity contribution in [1.29, 1.82) is 0 Å². The van der Waals surface area contributed by atoms with Gasteiger partial charge in [0.25, 0.3) is 0 Å². The van der Waals surface area contributed by atoms with E-state index in [4.69, 9.17) is 0 Å². The van der Waals surface area contributed by atoms with E-state index in [-0.39, 0.29) is 11.6 Å². The van der Waals surface area contributed by atoms with E-state index in [0.29, 0.717) is 28.3 Å². The summed E-state index contributed by atoms with van der Waals surface area (Å²) >= 11 is 0. The Kier molecular flexibility index (Phi) is 3.44. The standard InChI is InChI=1S/C17H12F2N2/c1-11-20-16(12-6-2-4-8-14(12)18)10-17(21-11)13-7-3-5-9-15(13)19/h2-10H,1H3. The number of nitrogens with zero attached hydrogens (tertiary/aromatic N) is 2. The molecule has 0 bridgehead atoms. The van der Waals surface area contributed by atoms with Crippen LogP contribution in [0, 0.1) is 18.6 Å². The lowest BCUT2D eigenvalue weighted by atomic mass is 10.1. The van der Waals surface area contributed by atoms with E-state index in [9.17, 15) is 8.78 Å². The Morgan fingerprint density at radius 2 is 1.14 bits per heavy atom. The normalized spacial score (nSPS) is 10.6. The smallest absolute Gasteiger partial charge is 0.132 e. The van der Waals surface area contributed by atoms with Crippen molar-refractivity contribution in [3.8, 4) is 22.5 Å². The summed E-state index contributed by atoms with van der Waals surface area (Å²) in [5.74, 6) is -0.265. The molecule has 0 saturated carbocycles. The van der Waals surface area contributed by atoms with Gasteiger partial charge in [-0.3, -0.25) is 0 Å². The van der Waals surface area contributed by atoms with Crippen LogP contribution in [0.25, 0.3) is 22.5 Å². The van der Waals surface area contributed by atoms with Gasteiger partial charge in [-0.15, -0.1) is 0 Å². The number of benzene rings is 2. The first-order valence-electron chi connectivity index (χ1n) is 6.50. The largest absolute Gasteiger partial charge is 0.233 e. The fraction of sp³-hybridized carbons (Fsp3) is 0.0588. The number of halogens is 2. The molecule has 0 aliphatic rings. The van der Waals surface area contributed by atoms with E-state index in [2.05, 4.69) is 9.97 Å². The predicted octanol–water partition coefficient (Wildman–Crippen LogP) is 4.40. The summed E-state index contributed by atoms with van der Waals surface area (Å²) in [5.41, 5.74) is 1.64. The van der Waals surface area contributed by atoms with Crippen LogP contribution in [-0.4, -0.2) is 9.97 Å². The fourth-order valence-corrected chi connectivity index (χ4v) is 2.18. The Morgan fingerprint density at radius 1 is 0.714 bits per heavy atom. The lowest BCUT2D eigenvalue weighted by Gasteiger charge is -2.08. The second-order valence-corrected chi connectivity index (χ2v) is 4.65. The highest BCUT2D eigenvalue weighted by atomic mass is 19.1. The van der Waals surface area contributed by atoms with Crippen LogP contribution < -0.4 is 0 Å². The first-order valence-corrected chi connectivity index (χ1v) is 6.50. The fourth-order valence-electron chi connectivity index (χ4n) is 2.18. The molecule has 2 nitrogen and oxygen atoms in total. The van der Waals surface area contributed by atoms with Gasteiger partial charge in [0.05, 0.1) is 11.4 Å². The topological polar surface area (TPSA) is 25.8 Å². The van der Waals surface area contributed by atoms with E-state index in [1.807, 2.05) is 0 Å². The molecule has 1 heterocycles. The first kappa shape index (κ1) is 13.4. The van der Waals surface area contributed by atoms with Gasteiger partial charge in [-0.1, -0.05) is 24.3 Å². The van der Waals surface area contributed by atoms with E-state index in [1.54, 1.807) is 49.4 Å². The van der Waals surface area contributed by atoms with Crippen LogP contribution in [0.2, 0.25) is 0 Å². The third kappa shape index (κ3) is 2.65. The Bertz CT molecular complexity index is 737. The monoisotopic (exact) mass is 282 g/mol. The van der Waals surface area contributed by atoms with Crippen molar-refractivity contribution in [1.82, 2.24) is 9.97 Å². The van der Waals surface area contributed by atoms with Crippen LogP contribution in [0.1, 0.15) is 5.82 Å². The molecular formula is C17H12F2N2. The van der Waals surface area contributed by atoms with Gasteiger partial charge in [0, 0.05) is 11.1 Å². The number of aromatic nitrogens is 2. The second kappa shape index (κ2) is 5.40. The number of aryl methyl sites for hydroxylation is 1. The molecule has 3 rings (SSSR count). The SMILES string of the molecule is Cc1nc(-c2ccccc2F)cc(-c2ccccc2F)n1. The molecule has 1 aromatic heterocycles. The van der Waals surface area contributed by atoms with Crippen LogP contribution in [0.5, 0.6) is 0 Å². The van der Waals surface area contributed by atoms with Crippen molar-refractivity contribution in [3.63, 3.8) is 0 Å². The molecule has 2 aromatic carbocycles. The van der Waals surface area contributed by atoms with Gasteiger partial charge in [-0.2, -0.15) is 0 Å². The minimum absolute atomic E-state index is 0.366. The van der Waals surface area contributed by atoms with Crippen molar-refractivity contribution in [3.05, 3.63) is 72.1 Å². The molecule has 0 radical (unpaired) electrons. The zero-order valence-corrected chi connectivity index (χ0v) is 11.3. The Labute approximate surface area is 121 Å². The summed E-state index contributed by atoms with van der Waals surface area (Å²) < 4.78 is 27.8. The lowest BCUT2D eigenvalue weighted by Crippen LogP contribution is -1.97. The molecule has 0 unspecified atom stereocenters. The third-order valence-electron chi connectivity index (χ3n) is 3.14. The molecule has 3 aromatic rings. The maximum absolute atomic E-state index is 13.9. The molecule has 4 heteroatoms. The minimum Gasteiger partial charge on any atom is -0.233 e. The number of hydrogen-bond acceptors (Lipinski definition) is 2. The summed E-state index contributed by atoms with van der Waals surface area (Å²) in [5, 5.41) is 0. The lowest BCUT2D eigenvalue weighted by molar-refractivity contribution is 0.630. The van der Waals surface area contributed by atoms with E-state index in [1.165, 1.54) is 12.1 Å². The van der Waals surface area contributed by atoms with Crippen molar-refractivity contribution in [2.24, 2.45) is 0 Å². The van der Waals surface area contributed by atoms with Crippen LogP contribution in [0.15, 0.2) is 54.6 Å². The highest BCUT2D eigenvalue weighted by Crippen LogP contribution is 2.26. The summed E-state index contributed by atoms with van der Waals surface area (Å²) in [7, 11) is 0. The average molecular weight is 282 g/mol. The maximum Gasteiger partial charge on any atom is 0.132 e. The van der Waals surface area contributed by atoms with Crippen molar-refractivity contribution >= 4 is 0 Å². The van der Waals surface area contributed by atoms with E-state index < -0.39 is 0 Å². The zero-order chi connectivity index (χ0) is 14.8. The molecule has 0 spiro atoms. The van der Waals surface area contributed by atoms with E-state index in [0.717, 1.165) is 0 Å². The molecule has 0 amide bonds. The molecular weight excluding hydrogens is 270 g/mol. The highest BCUT2D eigenvalue weighted by molar-refractivity contribution is 5.68. The quantitative estimate of drug-likeness (QED) is 0.696. The predicted molar refractivity (Wildman–Crippen MR) is 77.6 cm³/mol. The van der Waals surface area contributed by atoms with Crippen LogP contribution in [0.3, 0.4) is 0 Å². The Morgan fingerprint density at radius 3 is 1.57 bits per heavy atom. The molecule has 0 saturated heterocycles. The van der Waals surface area contributed by atoms with Crippen molar-refractivity contribution < 1.29 is 8.78 Å². The summed E-state index contributed by atoms with van der Waals surface area (Å²) in [6, 6.07) is 14.3. The van der Waals surface area contributed by atoms with Gasteiger partial charge in [-0.25, -0.2) is 18.7 Å². The van der Waals surface area contributed by atoms with E-state index >= 15 is 0 Å². The van der Waals surface area contributed by atoms with Crippen LogP contribution >= 0.6 is 0 Å². The van der Waals surface area contributed by atoms with Crippen LogP contribution in [-0.2, 0) is 0 Å².